The van der Waals surface area contributed by atoms with Gasteiger partial charge >= 0.3 is 12.2 Å². The van der Waals surface area contributed by atoms with Crippen molar-refractivity contribution in [2.45, 2.75) is 13.1 Å². The van der Waals surface area contributed by atoms with Crippen LogP contribution in [0.25, 0.3) is 0 Å². The van der Waals surface area contributed by atoms with Crippen molar-refractivity contribution in [1.29, 1.82) is 0 Å². The Balaban J connectivity index is 2.60. The molecule has 0 aliphatic rings. The summed E-state index contributed by atoms with van der Waals surface area (Å²) >= 11 is 0. The number of hydrogen-bond donors (Lipinski definition) is 3. The predicted molar refractivity (Wildman–Crippen MR) is 60.3 cm³/mol. The van der Waals surface area contributed by atoms with Gasteiger partial charge in [0, 0.05) is 19.2 Å². The topological polar surface area (TPSA) is 87.1 Å². The van der Waals surface area contributed by atoms with Crippen molar-refractivity contribution in [2.24, 2.45) is 5.92 Å². The minimum absolute atomic E-state index is 0.105. The van der Waals surface area contributed by atoms with E-state index in [2.05, 4.69) is 20.6 Å². The van der Waals surface area contributed by atoms with E-state index in [4.69, 9.17) is 5.11 Å². The lowest BCUT2D eigenvalue weighted by atomic mass is 10.2. The summed E-state index contributed by atoms with van der Waals surface area (Å²) in [5, 5.41) is 13.3. The Morgan fingerprint density at radius 3 is 2.74 bits per heavy atom. The molecule has 0 fully saturated rings. The smallest absolute Gasteiger partial charge is 0.396 e. The van der Waals surface area contributed by atoms with Crippen molar-refractivity contribution in [3.8, 4) is 0 Å². The first-order valence-corrected chi connectivity index (χ1v) is 5.38. The first-order valence-electron chi connectivity index (χ1n) is 5.38. The number of carbonyl (C=O) groups excluding carboxylic acids is 1. The molecular formula is C10H13F3N4O2. The number of nitrogens with one attached hydrogen (secondary N) is 2. The number of anilines is 1. The number of aliphatic hydroxyl groups excluding tert-OH is 1. The molecule has 1 unspecified atom stereocenters. The first-order chi connectivity index (χ1) is 8.82. The number of nitrogens with zero attached hydrogens (tertiary/aromatic N) is 2. The van der Waals surface area contributed by atoms with Gasteiger partial charge in [0.2, 0.25) is 0 Å². The lowest BCUT2D eigenvalue weighted by Gasteiger charge is -2.11. The average Bonchev–Trinajstić information content (AvgIpc) is 2.35. The van der Waals surface area contributed by atoms with E-state index >= 15 is 0 Å². The highest BCUT2D eigenvalue weighted by Crippen LogP contribution is 2.27. The maximum absolute atomic E-state index is 12.4. The van der Waals surface area contributed by atoms with Gasteiger partial charge in [-0.2, -0.15) is 13.2 Å². The van der Waals surface area contributed by atoms with Crippen molar-refractivity contribution in [3.63, 3.8) is 0 Å². The molecule has 0 saturated heterocycles. The van der Waals surface area contributed by atoms with Crippen molar-refractivity contribution in [3.05, 3.63) is 18.1 Å². The average molecular weight is 278 g/mol. The van der Waals surface area contributed by atoms with Gasteiger partial charge in [-0.1, -0.05) is 6.92 Å². The van der Waals surface area contributed by atoms with Crippen LogP contribution < -0.4 is 10.6 Å². The van der Waals surface area contributed by atoms with E-state index in [1.807, 2.05) is 0 Å². The van der Waals surface area contributed by atoms with Gasteiger partial charge in [-0.25, -0.2) is 14.8 Å². The molecule has 1 aromatic rings. The molecule has 2 amide bonds. The quantitative estimate of drug-likeness (QED) is 0.773. The van der Waals surface area contributed by atoms with E-state index in [1.54, 1.807) is 6.92 Å². The molecular weight excluding hydrogens is 265 g/mol. The molecule has 9 heteroatoms. The zero-order valence-electron chi connectivity index (χ0n) is 10.0. The third-order valence-electron chi connectivity index (χ3n) is 2.12. The number of urea groups is 1. The summed E-state index contributed by atoms with van der Waals surface area (Å²) in [4.78, 5) is 17.9. The fraction of sp³-hybridized carbons (Fsp3) is 0.500. The molecule has 0 radical (unpaired) electrons. The highest BCUT2D eigenvalue weighted by atomic mass is 19.4. The summed E-state index contributed by atoms with van der Waals surface area (Å²) in [7, 11) is 0. The van der Waals surface area contributed by atoms with Crippen LogP contribution in [0.4, 0.5) is 23.8 Å². The molecule has 0 aliphatic heterocycles. The van der Waals surface area contributed by atoms with Crippen LogP contribution in [0.5, 0.6) is 0 Å². The Hall–Kier alpha value is -1.90. The van der Waals surface area contributed by atoms with E-state index in [1.165, 1.54) is 0 Å². The standard InChI is InChI=1S/C10H13F3N4O2/c1-6(4-18)3-14-9(19)17-8-2-7(10(11,12)13)15-5-16-8/h2,5-6,18H,3-4H2,1H3,(H2,14,15,16,17,19). The van der Waals surface area contributed by atoms with Crippen LogP contribution in [0.15, 0.2) is 12.4 Å². The van der Waals surface area contributed by atoms with E-state index in [9.17, 15) is 18.0 Å². The number of hydrogen-bond acceptors (Lipinski definition) is 4. The zero-order chi connectivity index (χ0) is 14.5. The van der Waals surface area contributed by atoms with E-state index in [0.717, 1.165) is 6.33 Å². The van der Waals surface area contributed by atoms with Gasteiger partial charge < -0.3 is 10.4 Å². The fourth-order valence-corrected chi connectivity index (χ4v) is 1.07. The molecule has 1 aromatic heterocycles. The molecule has 3 N–H and O–H groups in total. The lowest BCUT2D eigenvalue weighted by Crippen LogP contribution is -2.33. The van der Waals surface area contributed by atoms with Crippen LogP contribution in [0.1, 0.15) is 12.6 Å². The highest BCUT2D eigenvalue weighted by molar-refractivity contribution is 5.88. The van der Waals surface area contributed by atoms with Crippen LogP contribution in [0.2, 0.25) is 0 Å². The maximum atomic E-state index is 12.4. The molecule has 0 aromatic carbocycles. The second-order valence-corrected chi connectivity index (χ2v) is 3.91. The summed E-state index contributed by atoms with van der Waals surface area (Å²) in [5.41, 5.74) is -1.14. The Morgan fingerprint density at radius 1 is 1.47 bits per heavy atom. The predicted octanol–water partition coefficient (Wildman–Crippen LogP) is 1.25. The van der Waals surface area contributed by atoms with Gasteiger partial charge in [0.1, 0.15) is 17.8 Å². The Kier molecular flexibility index (Phi) is 5.04. The maximum Gasteiger partial charge on any atom is 0.433 e. The number of halogens is 3. The second kappa shape index (κ2) is 6.32. The third-order valence-corrected chi connectivity index (χ3v) is 2.12. The molecule has 1 atom stereocenters. The fourth-order valence-electron chi connectivity index (χ4n) is 1.07. The SMILES string of the molecule is CC(CO)CNC(=O)Nc1cc(C(F)(F)F)ncn1. The van der Waals surface area contributed by atoms with E-state index < -0.39 is 17.9 Å². The van der Waals surface area contributed by atoms with Crippen molar-refractivity contribution in [2.75, 3.05) is 18.5 Å². The summed E-state index contributed by atoms with van der Waals surface area (Å²) < 4.78 is 37.1. The summed E-state index contributed by atoms with van der Waals surface area (Å²) in [6, 6.07) is -0.0678. The van der Waals surface area contributed by atoms with Gasteiger partial charge in [-0.3, -0.25) is 5.32 Å². The van der Waals surface area contributed by atoms with Crippen LogP contribution in [-0.2, 0) is 6.18 Å². The van der Waals surface area contributed by atoms with Gasteiger partial charge in [0.05, 0.1) is 0 Å². The highest BCUT2D eigenvalue weighted by Gasteiger charge is 2.32. The normalized spacial score (nSPS) is 12.9. The minimum atomic E-state index is -4.60. The number of amides is 2. The molecule has 1 heterocycles. The lowest BCUT2D eigenvalue weighted by molar-refractivity contribution is -0.141. The summed E-state index contributed by atoms with van der Waals surface area (Å²) in [6.45, 7) is 1.79. The van der Waals surface area contributed by atoms with Gasteiger partial charge in [-0.05, 0) is 5.92 Å². The number of carbonyl (C=O) groups is 1. The molecule has 0 aliphatic carbocycles. The summed E-state index contributed by atoms with van der Waals surface area (Å²) in [6.07, 6.45) is -3.88. The van der Waals surface area contributed by atoms with Gasteiger partial charge in [0.25, 0.3) is 0 Å². The van der Waals surface area contributed by atoms with Gasteiger partial charge in [0.15, 0.2) is 0 Å². The number of aliphatic hydroxyl groups is 1. The molecule has 0 bridgehead atoms. The van der Waals surface area contributed by atoms with Gasteiger partial charge in [-0.15, -0.1) is 0 Å². The zero-order valence-corrected chi connectivity index (χ0v) is 10.0. The molecule has 1 rings (SSSR count). The second-order valence-electron chi connectivity index (χ2n) is 3.91. The monoisotopic (exact) mass is 278 g/mol. The van der Waals surface area contributed by atoms with Crippen molar-refractivity contribution in [1.82, 2.24) is 15.3 Å². The largest absolute Gasteiger partial charge is 0.433 e. The van der Waals surface area contributed by atoms with Crippen molar-refractivity contribution < 1.29 is 23.1 Å². The number of aromatic nitrogens is 2. The molecule has 6 nitrogen and oxygen atoms in total. The first kappa shape index (κ1) is 15.2. The Morgan fingerprint density at radius 2 is 2.16 bits per heavy atom. The van der Waals surface area contributed by atoms with Crippen LogP contribution in [0.3, 0.4) is 0 Å². The number of alkyl halides is 3. The van der Waals surface area contributed by atoms with Crippen LogP contribution >= 0.6 is 0 Å². The molecule has 19 heavy (non-hydrogen) atoms. The Labute approximate surface area is 107 Å². The number of rotatable bonds is 4. The molecule has 106 valence electrons. The minimum Gasteiger partial charge on any atom is -0.396 e. The molecule has 0 saturated carbocycles. The molecule has 0 spiro atoms. The third kappa shape index (κ3) is 5.08. The van der Waals surface area contributed by atoms with Crippen LogP contribution in [-0.4, -0.2) is 34.3 Å². The van der Waals surface area contributed by atoms with E-state index in [-0.39, 0.29) is 24.9 Å². The Bertz CT molecular complexity index is 439. The summed E-state index contributed by atoms with van der Waals surface area (Å²) in [5.74, 6) is -0.404. The van der Waals surface area contributed by atoms with Crippen molar-refractivity contribution >= 4 is 11.8 Å². The van der Waals surface area contributed by atoms with Crippen LogP contribution in [0, 0.1) is 5.92 Å². The van der Waals surface area contributed by atoms with E-state index in [0.29, 0.717) is 6.07 Å².